The van der Waals surface area contributed by atoms with Gasteiger partial charge >= 0.3 is 0 Å². The van der Waals surface area contributed by atoms with Crippen LogP contribution >= 0.6 is 11.6 Å². The molecule has 2 aromatic rings. The van der Waals surface area contributed by atoms with Gasteiger partial charge in [-0.1, -0.05) is 25.4 Å². The molecule has 0 saturated carbocycles. The van der Waals surface area contributed by atoms with Crippen molar-refractivity contribution in [3.05, 3.63) is 35.3 Å². The van der Waals surface area contributed by atoms with E-state index in [1.807, 2.05) is 20.0 Å². The Morgan fingerprint density at radius 1 is 1.43 bits per heavy atom. The Hall–Kier alpha value is -2.08. The zero-order valence-electron chi connectivity index (χ0n) is 13.9. The molecule has 0 spiro atoms. The lowest BCUT2D eigenvalue weighted by atomic mass is 10.1. The smallest absolute Gasteiger partial charge is 0.162 e. The standard InChI is InChI=1S/C16H23ClN6/c1-10(2)13-9-20-23-15(7-14(17)22-16(13)23)19-8-12(5-6-18)21-11(3)4/h5-7,9-11,19H,8,18H2,1-4H3. The van der Waals surface area contributed by atoms with Crippen LogP contribution < -0.4 is 11.1 Å². The summed E-state index contributed by atoms with van der Waals surface area (Å²) >= 11 is 6.16. The molecule has 0 fully saturated rings. The van der Waals surface area contributed by atoms with Gasteiger partial charge in [0.25, 0.3) is 0 Å². The second-order valence-electron chi connectivity index (χ2n) is 5.88. The van der Waals surface area contributed by atoms with Crippen molar-refractivity contribution in [2.75, 3.05) is 11.9 Å². The lowest BCUT2D eigenvalue weighted by Crippen LogP contribution is -2.16. The quantitative estimate of drug-likeness (QED) is 0.627. The number of aromatic nitrogens is 3. The zero-order valence-corrected chi connectivity index (χ0v) is 14.7. The van der Waals surface area contributed by atoms with Crippen LogP contribution in [0.15, 0.2) is 29.5 Å². The van der Waals surface area contributed by atoms with E-state index in [-0.39, 0.29) is 6.04 Å². The van der Waals surface area contributed by atoms with Crippen LogP contribution in [0.1, 0.15) is 39.2 Å². The Morgan fingerprint density at radius 2 is 2.17 bits per heavy atom. The number of hydrogen-bond donors (Lipinski definition) is 2. The van der Waals surface area contributed by atoms with Crippen molar-refractivity contribution < 1.29 is 0 Å². The van der Waals surface area contributed by atoms with Gasteiger partial charge < -0.3 is 11.1 Å². The number of rotatable bonds is 6. The molecule has 6 nitrogen and oxygen atoms in total. The average Bonchev–Trinajstić information content (AvgIpc) is 2.87. The summed E-state index contributed by atoms with van der Waals surface area (Å²) in [6, 6.07) is 1.95. The molecule has 2 aromatic heterocycles. The average molecular weight is 335 g/mol. The number of hydrogen-bond acceptors (Lipinski definition) is 5. The Labute approximate surface area is 141 Å². The third kappa shape index (κ3) is 4.22. The summed E-state index contributed by atoms with van der Waals surface area (Å²) in [6.45, 7) is 8.78. The molecule has 7 heteroatoms. The topological polar surface area (TPSA) is 80.6 Å². The summed E-state index contributed by atoms with van der Waals surface area (Å²) in [7, 11) is 0. The SMILES string of the molecule is CC(C)N=C(C=CN)CNc1cc(Cl)nc2c(C(C)C)cnn12. The molecule has 0 unspecified atom stereocenters. The van der Waals surface area contributed by atoms with E-state index in [0.29, 0.717) is 17.6 Å². The second-order valence-corrected chi connectivity index (χ2v) is 6.27. The molecule has 0 aromatic carbocycles. The van der Waals surface area contributed by atoms with Gasteiger partial charge in [0, 0.05) is 17.7 Å². The maximum absolute atomic E-state index is 6.16. The molecule has 0 bridgehead atoms. The van der Waals surface area contributed by atoms with Crippen LogP contribution in [-0.2, 0) is 0 Å². The molecule has 124 valence electrons. The summed E-state index contributed by atoms with van der Waals surface area (Å²) in [5.74, 6) is 1.10. The number of nitrogens with one attached hydrogen (secondary N) is 1. The fourth-order valence-electron chi connectivity index (χ4n) is 2.25. The van der Waals surface area contributed by atoms with Crippen LogP contribution in [0.2, 0.25) is 5.15 Å². The molecule has 0 atom stereocenters. The van der Waals surface area contributed by atoms with Crippen molar-refractivity contribution in [3.8, 4) is 0 Å². The van der Waals surface area contributed by atoms with E-state index in [1.165, 1.54) is 6.20 Å². The van der Waals surface area contributed by atoms with Gasteiger partial charge in [0.05, 0.1) is 18.5 Å². The molecule has 2 heterocycles. The Morgan fingerprint density at radius 3 is 2.78 bits per heavy atom. The lowest BCUT2D eigenvalue weighted by Gasteiger charge is -2.11. The molecule has 23 heavy (non-hydrogen) atoms. The molecule has 0 aliphatic carbocycles. The number of nitrogens with two attached hydrogens (primary N) is 1. The summed E-state index contributed by atoms with van der Waals surface area (Å²) in [4.78, 5) is 8.92. The van der Waals surface area contributed by atoms with Gasteiger partial charge in [0.2, 0.25) is 0 Å². The van der Waals surface area contributed by atoms with Gasteiger partial charge in [-0.15, -0.1) is 0 Å². The fraction of sp³-hybridized carbons (Fsp3) is 0.438. The number of nitrogens with zero attached hydrogens (tertiary/aromatic N) is 4. The highest BCUT2D eigenvalue weighted by Crippen LogP contribution is 2.23. The number of halogens is 1. The highest BCUT2D eigenvalue weighted by Gasteiger charge is 2.13. The van der Waals surface area contributed by atoms with Crippen LogP contribution in [0, 0.1) is 0 Å². The molecular weight excluding hydrogens is 312 g/mol. The first kappa shape index (κ1) is 17.3. The Kier molecular flexibility index (Phi) is 5.60. The van der Waals surface area contributed by atoms with Crippen LogP contribution in [0.4, 0.5) is 5.82 Å². The minimum absolute atomic E-state index is 0.196. The summed E-state index contributed by atoms with van der Waals surface area (Å²) in [5.41, 5.74) is 8.18. The van der Waals surface area contributed by atoms with E-state index in [0.717, 1.165) is 22.7 Å². The van der Waals surface area contributed by atoms with Crippen molar-refractivity contribution in [1.82, 2.24) is 14.6 Å². The number of aliphatic imine (C=N–C) groups is 1. The predicted molar refractivity (Wildman–Crippen MR) is 96.5 cm³/mol. The fourth-order valence-corrected chi connectivity index (χ4v) is 2.44. The van der Waals surface area contributed by atoms with Gasteiger partial charge in [0.1, 0.15) is 11.0 Å². The van der Waals surface area contributed by atoms with E-state index in [2.05, 4.69) is 34.2 Å². The Bertz CT molecular complexity index is 729. The third-order valence-electron chi connectivity index (χ3n) is 3.25. The third-order valence-corrected chi connectivity index (χ3v) is 3.45. The first-order chi connectivity index (χ1) is 10.9. The number of fused-ring (bicyclic) bond motifs is 1. The van der Waals surface area contributed by atoms with Crippen LogP contribution in [0.3, 0.4) is 0 Å². The molecule has 3 N–H and O–H groups in total. The van der Waals surface area contributed by atoms with Gasteiger partial charge in [-0.25, -0.2) is 4.98 Å². The molecular formula is C16H23ClN6. The van der Waals surface area contributed by atoms with Crippen molar-refractivity contribution in [2.45, 2.75) is 39.7 Å². The van der Waals surface area contributed by atoms with Crippen LogP contribution in [0.5, 0.6) is 0 Å². The zero-order chi connectivity index (χ0) is 17.0. The second kappa shape index (κ2) is 7.46. The maximum Gasteiger partial charge on any atom is 0.162 e. The van der Waals surface area contributed by atoms with E-state index >= 15 is 0 Å². The largest absolute Gasteiger partial charge is 0.405 e. The van der Waals surface area contributed by atoms with Crippen molar-refractivity contribution in [3.63, 3.8) is 0 Å². The minimum Gasteiger partial charge on any atom is -0.405 e. The highest BCUT2D eigenvalue weighted by molar-refractivity contribution is 6.29. The minimum atomic E-state index is 0.196. The van der Waals surface area contributed by atoms with Gasteiger partial charge in [0.15, 0.2) is 5.65 Å². The monoisotopic (exact) mass is 334 g/mol. The number of anilines is 1. The van der Waals surface area contributed by atoms with Crippen molar-refractivity contribution in [1.29, 1.82) is 0 Å². The molecule has 0 amide bonds. The van der Waals surface area contributed by atoms with E-state index in [1.54, 1.807) is 16.7 Å². The Balaban J connectivity index is 2.33. The summed E-state index contributed by atoms with van der Waals surface area (Å²) in [5, 5.41) is 8.16. The summed E-state index contributed by atoms with van der Waals surface area (Å²) in [6.07, 6.45) is 5.11. The molecule has 0 radical (unpaired) electrons. The normalized spacial score (nSPS) is 12.9. The van der Waals surface area contributed by atoms with Gasteiger partial charge in [-0.05, 0) is 32.0 Å². The molecule has 0 aliphatic rings. The summed E-state index contributed by atoms with van der Waals surface area (Å²) < 4.78 is 1.76. The first-order valence-corrected chi connectivity index (χ1v) is 8.03. The highest BCUT2D eigenvalue weighted by atomic mass is 35.5. The van der Waals surface area contributed by atoms with E-state index in [4.69, 9.17) is 17.3 Å². The van der Waals surface area contributed by atoms with E-state index < -0.39 is 0 Å². The van der Waals surface area contributed by atoms with Crippen molar-refractivity contribution in [2.24, 2.45) is 10.7 Å². The first-order valence-electron chi connectivity index (χ1n) is 7.65. The molecule has 0 aliphatic heterocycles. The molecule has 2 rings (SSSR count). The van der Waals surface area contributed by atoms with Crippen LogP contribution in [0.25, 0.3) is 5.65 Å². The van der Waals surface area contributed by atoms with Gasteiger partial charge in [-0.3, -0.25) is 4.99 Å². The predicted octanol–water partition coefficient (Wildman–Crippen LogP) is 3.24. The van der Waals surface area contributed by atoms with Crippen molar-refractivity contribution >= 4 is 28.8 Å². The maximum atomic E-state index is 6.16. The van der Waals surface area contributed by atoms with Crippen LogP contribution in [-0.4, -0.2) is 32.9 Å². The van der Waals surface area contributed by atoms with Gasteiger partial charge in [-0.2, -0.15) is 9.61 Å². The lowest BCUT2D eigenvalue weighted by molar-refractivity contribution is 0.834. The van der Waals surface area contributed by atoms with E-state index in [9.17, 15) is 0 Å². The molecule has 0 saturated heterocycles.